The van der Waals surface area contributed by atoms with Crippen LogP contribution in [-0.2, 0) is 4.74 Å². The molecule has 3 aromatic rings. The number of esters is 1. The number of aromatic amines is 1. The van der Waals surface area contributed by atoms with Gasteiger partial charge in [0.2, 0.25) is 0 Å². The van der Waals surface area contributed by atoms with Gasteiger partial charge < -0.3 is 9.72 Å². The number of rotatable bonds is 3. The third-order valence-electron chi connectivity index (χ3n) is 3.17. The molecule has 0 spiro atoms. The molecule has 1 aromatic heterocycles. The minimum Gasteiger partial charge on any atom is -0.462 e. The second-order valence-corrected chi connectivity index (χ2v) is 6.44. The fraction of sp³-hybridized carbons (Fsp3) is 0.125. The van der Waals surface area contributed by atoms with Crippen LogP contribution in [0.25, 0.3) is 22.4 Å². The summed E-state index contributed by atoms with van der Waals surface area (Å²) >= 11 is 6.88. The van der Waals surface area contributed by atoms with Crippen molar-refractivity contribution in [2.45, 2.75) is 6.92 Å². The summed E-state index contributed by atoms with van der Waals surface area (Å²) in [7, 11) is 0. The van der Waals surface area contributed by atoms with Crippen molar-refractivity contribution in [1.29, 1.82) is 0 Å². The monoisotopic (exact) mass is 422 g/mol. The topological polar surface area (TPSA) is 55.0 Å². The summed E-state index contributed by atoms with van der Waals surface area (Å²) < 4.78 is 6.81. The van der Waals surface area contributed by atoms with Crippen molar-refractivity contribution in [3.8, 4) is 11.4 Å². The van der Waals surface area contributed by atoms with E-state index in [1.165, 1.54) is 0 Å². The standard InChI is InChI=1S/C16H12Br2N2O2/c1-2-22-16(21)10-7-12(18)14-13(8-10)19-15(20-14)9-3-5-11(17)6-4-9/h3-8H,2H2,1H3,(H,19,20). The van der Waals surface area contributed by atoms with Crippen LogP contribution >= 0.6 is 31.9 Å². The SMILES string of the molecule is CCOC(=O)c1cc(Br)c2nc(-c3ccc(Br)cc3)[nH]c2c1. The third kappa shape index (κ3) is 2.94. The Hall–Kier alpha value is -1.66. The Balaban J connectivity index is 2.07. The molecule has 0 saturated heterocycles. The van der Waals surface area contributed by atoms with Gasteiger partial charge in [-0.2, -0.15) is 0 Å². The number of carbonyl (C=O) groups is 1. The van der Waals surface area contributed by atoms with Gasteiger partial charge in [-0.1, -0.05) is 28.1 Å². The highest BCUT2D eigenvalue weighted by Gasteiger charge is 2.14. The second-order valence-electron chi connectivity index (χ2n) is 4.67. The first kappa shape index (κ1) is 15.2. The minimum atomic E-state index is -0.343. The Morgan fingerprint density at radius 1 is 1.23 bits per heavy atom. The Morgan fingerprint density at radius 2 is 1.95 bits per heavy atom. The zero-order valence-electron chi connectivity index (χ0n) is 11.7. The fourth-order valence-corrected chi connectivity index (χ4v) is 2.97. The van der Waals surface area contributed by atoms with E-state index in [0.29, 0.717) is 12.2 Å². The van der Waals surface area contributed by atoms with Gasteiger partial charge in [0.25, 0.3) is 0 Å². The summed E-state index contributed by atoms with van der Waals surface area (Å²) in [5.41, 5.74) is 3.04. The molecule has 0 bridgehead atoms. The zero-order valence-corrected chi connectivity index (χ0v) is 14.9. The lowest BCUT2D eigenvalue weighted by molar-refractivity contribution is 0.0526. The van der Waals surface area contributed by atoms with Gasteiger partial charge in [-0.05, 0) is 47.1 Å². The van der Waals surface area contributed by atoms with Crippen LogP contribution in [-0.4, -0.2) is 22.5 Å². The van der Waals surface area contributed by atoms with E-state index in [2.05, 4.69) is 41.8 Å². The summed E-state index contributed by atoms with van der Waals surface area (Å²) in [6.07, 6.45) is 0. The summed E-state index contributed by atoms with van der Waals surface area (Å²) in [6.45, 7) is 2.13. The largest absolute Gasteiger partial charge is 0.462 e. The number of hydrogen-bond acceptors (Lipinski definition) is 3. The highest BCUT2D eigenvalue weighted by molar-refractivity contribution is 9.11. The number of aromatic nitrogens is 2. The lowest BCUT2D eigenvalue weighted by atomic mass is 10.2. The summed E-state index contributed by atoms with van der Waals surface area (Å²) in [5.74, 6) is 0.411. The first-order valence-corrected chi connectivity index (χ1v) is 8.29. The van der Waals surface area contributed by atoms with Crippen LogP contribution < -0.4 is 0 Å². The van der Waals surface area contributed by atoms with Crippen molar-refractivity contribution in [3.63, 3.8) is 0 Å². The molecular weight excluding hydrogens is 412 g/mol. The number of carbonyl (C=O) groups excluding carboxylic acids is 1. The van der Waals surface area contributed by atoms with Crippen LogP contribution in [0, 0.1) is 0 Å². The number of fused-ring (bicyclic) bond motifs is 1. The molecule has 0 amide bonds. The highest BCUT2D eigenvalue weighted by atomic mass is 79.9. The van der Waals surface area contributed by atoms with Crippen molar-refractivity contribution in [3.05, 3.63) is 50.9 Å². The number of H-pyrrole nitrogens is 1. The van der Waals surface area contributed by atoms with E-state index >= 15 is 0 Å². The van der Waals surface area contributed by atoms with Crippen molar-refractivity contribution < 1.29 is 9.53 Å². The number of benzene rings is 2. The second kappa shape index (κ2) is 6.22. The van der Waals surface area contributed by atoms with Crippen LogP contribution in [0.3, 0.4) is 0 Å². The van der Waals surface area contributed by atoms with Gasteiger partial charge in [0.15, 0.2) is 0 Å². The lowest BCUT2D eigenvalue weighted by Crippen LogP contribution is -2.04. The Labute approximate surface area is 144 Å². The fourth-order valence-electron chi connectivity index (χ4n) is 2.15. The van der Waals surface area contributed by atoms with Crippen molar-refractivity contribution >= 4 is 48.9 Å². The van der Waals surface area contributed by atoms with Crippen LogP contribution in [0.5, 0.6) is 0 Å². The van der Waals surface area contributed by atoms with E-state index in [1.54, 1.807) is 19.1 Å². The number of imidazole rings is 1. The molecular formula is C16H12Br2N2O2. The van der Waals surface area contributed by atoms with E-state index in [0.717, 1.165) is 31.4 Å². The molecule has 0 unspecified atom stereocenters. The molecule has 0 saturated carbocycles. The molecule has 4 nitrogen and oxygen atoms in total. The van der Waals surface area contributed by atoms with E-state index in [4.69, 9.17) is 4.74 Å². The van der Waals surface area contributed by atoms with Crippen molar-refractivity contribution in [2.75, 3.05) is 6.61 Å². The van der Waals surface area contributed by atoms with Gasteiger partial charge in [-0.3, -0.25) is 0 Å². The number of hydrogen-bond donors (Lipinski definition) is 1. The molecule has 0 aliphatic heterocycles. The molecule has 0 aliphatic rings. The van der Waals surface area contributed by atoms with Crippen LogP contribution in [0.15, 0.2) is 45.3 Å². The number of nitrogens with zero attached hydrogens (tertiary/aromatic N) is 1. The molecule has 2 aromatic carbocycles. The molecule has 0 atom stereocenters. The quantitative estimate of drug-likeness (QED) is 0.607. The first-order valence-electron chi connectivity index (χ1n) is 6.71. The van der Waals surface area contributed by atoms with Gasteiger partial charge in [0, 0.05) is 14.5 Å². The van der Waals surface area contributed by atoms with Gasteiger partial charge in [-0.15, -0.1) is 0 Å². The average Bonchev–Trinajstić information content (AvgIpc) is 2.93. The maximum absolute atomic E-state index is 11.9. The smallest absolute Gasteiger partial charge is 0.338 e. The van der Waals surface area contributed by atoms with E-state index in [9.17, 15) is 4.79 Å². The minimum absolute atomic E-state index is 0.343. The predicted octanol–water partition coefficient (Wildman–Crippen LogP) is 4.93. The van der Waals surface area contributed by atoms with Crippen molar-refractivity contribution in [1.82, 2.24) is 9.97 Å². The lowest BCUT2D eigenvalue weighted by Gasteiger charge is -2.02. The summed E-state index contributed by atoms with van der Waals surface area (Å²) in [4.78, 5) is 19.7. The molecule has 22 heavy (non-hydrogen) atoms. The zero-order chi connectivity index (χ0) is 15.7. The maximum Gasteiger partial charge on any atom is 0.338 e. The summed E-state index contributed by atoms with van der Waals surface area (Å²) in [6, 6.07) is 11.4. The number of nitrogens with one attached hydrogen (secondary N) is 1. The van der Waals surface area contributed by atoms with E-state index < -0.39 is 0 Å². The van der Waals surface area contributed by atoms with Gasteiger partial charge in [-0.25, -0.2) is 9.78 Å². The first-order chi connectivity index (χ1) is 10.6. The highest BCUT2D eigenvalue weighted by Crippen LogP contribution is 2.28. The average molecular weight is 424 g/mol. The normalized spacial score (nSPS) is 10.9. The maximum atomic E-state index is 11.9. The molecule has 112 valence electrons. The van der Waals surface area contributed by atoms with Crippen molar-refractivity contribution in [2.24, 2.45) is 0 Å². The molecule has 0 radical (unpaired) electrons. The third-order valence-corrected chi connectivity index (χ3v) is 4.30. The van der Waals surface area contributed by atoms with Gasteiger partial charge >= 0.3 is 5.97 Å². The molecule has 1 N–H and O–H groups in total. The molecule has 3 rings (SSSR count). The Morgan fingerprint density at radius 3 is 2.64 bits per heavy atom. The Kier molecular flexibility index (Phi) is 4.31. The van der Waals surface area contributed by atoms with Gasteiger partial charge in [0.1, 0.15) is 11.3 Å². The molecule has 6 heteroatoms. The molecule has 1 heterocycles. The Bertz CT molecular complexity index is 841. The van der Waals surface area contributed by atoms with Crippen LogP contribution in [0.1, 0.15) is 17.3 Å². The number of ether oxygens (including phenoxy) is 1. The molecule has 0 fully saturated rings. The van der Waals surface area contributed by atoms with E-state index in [-0.39, 0.29) is 5.97 Å². The van der Waals surface area contributed by atoms with Crippen LogP contribution in [0.4, 0.5) is 0 Å². The number of halogens is 2. The predicted molar refractivity (Wildman–Crippen MR) is 92.9 cm³/mol. The summed E-state index contributed by atoms with van der Waals surface area (Å²) in [5, 5.41) is 0. The van der Waals surface area contributed by atoms with E-state index in [1.807, 2.05) is 24.3 Å². The van der Waals surface area contributed by atoms with Crippen LogP contribution in [0.2, 0.25) is 0 Å². The van der Waals surface area contributed by atoms with Gasteiger partial charge in [0.05, 0.1) is 17.7 Å². The molecule has 0 aliphatic carbocycles.